The monoisotopic (exact) mass is 513 g/mol. The molecule has 0 unspecified atom stereocenters. The number of hydrogen-bond acceptors (Lipinski definition) is 5. The van der Waals surface area contributed by atoms with Gasteiger partial charge in [0.25, 0.3) is 5.91 Å². The highest BCUT2D eigenvalue weighted by Gasteiger charge is 2.10. The highest BCUT2D eigenvalue weighted by atomic mass is 127. The van der Waals surface area contributed by atoms with Crippen molar-refractivity contribution in [2.45, 2.75) is 6.54 Å². The summed E-state index contributed by atoms with van der Waals surface area (Å²) in [6.07, 6.45) is 1.48. The molecule has 0 spiro atoms. The average Bonchev–Trinajstić information content (AvgIpc) is 3.27. The summed E-state index contributed by atoms with van der Waals surface area (Å²) in [5, 5.41) is 9.46. The van der Waals surface area contributed by atoms with Crippen LogP contribution in [0.1, 0.15) is 16.1 Å². The van der Waals surface area contributed by atoms with Crippen LogP contribution in [0, 0.1) is 0 Å². The molecule has 1 saturated heterocycles. The Bertz CT molecular complexity index is 776. The fraction of sp³-hybridized carbons (Fsp3) is 0.400. The van der Waals surface area contributed by atoms with Gasteiger partial charge in [0.15, 0.2) is 11.7 Å². The number of nitrogens with one attached hydrogen (secondary N) is 3. The lowest BCUT2D eigenvalue weighted by Gasteiger charge is -2.26. The third-order valence-electron chi connectivity index (χ3n) is 4.44. The molecule has 1 aromatic carbocycles. The third kappa shape index (κ3) is 7.67. The molecule has 8 nitrogen and oxygen atoms in total. The molecule has 0 atom stereocenters. The smallest absolute Gasteiger partial charge is 0.291 e. The van der Waals surface area contributed by atoms with Crippen LogP contribution in [0.5, 0.6) is 0 Å². The number of nitrogens with zero attached hydrogens (tertiary/aromatic N) is 2. The molecular weight excluding hydrogens is 485 g/mol. The van der Waals surface area contributed by atoms with E-state index in [2.05, 4.69) is 25.8 Å². The largest absolute Gasteiger partial charge is 0.459 e. The minimum Gasteiger partial charge on any atom is -0.459 e. The Hall–Kier alpha value is -2.11. The van der Waals surface area contributed by atoms with Crippen LogP contribution in [-0.2, 0) is 11.3 Å². The van der Waals surface area contributed by atoms with Crippen LogP contribution >= 0.6 is 24.0 Å². The maximum atomic E-state index is 12.1. The van der Waals surface area contributed by atoms with E-state index in [0.717, 1.165) is 56.6 Å². The maximum absolute atomic E-state index is 12.1. The topological polar surface area (TPSA) is 91.1 Å². The number of furan rings is 1. The van der Waals surface area contributed by atoms with Crippen molar-refractivity contribution in [1.82, 2.24) is 15.5 Å². The minimum atomic E-state index is -0.268. The molecule has 1 aliphatic rings. The van der Waals surface area contributed by atoms with Gasteiger partial charge in [-0.2, -0.15) is 0 Å². The zero-order chi connectivity index (χ0) is 19.6. The second kappa shape index (κ2) is 12.5. The fourth-order valence-corrected chi connectivity index (χ4v) is 2.92. The highest BCUT2D eigenvalue weighted by molar-refractivity contribution is 14.0. The van der Waals surface area contributed by atoms with E-state index < -0.39 is 0 Å². The highest BCUT2D eigenvalue weighted by Crippen LogP contribution is 2.12. The molecule has 2 aromatic rings. The van der Waals surface area contributed by atoms with Crippen molar-refractivity contribution in [1.29, 1.82) is 0 Å². The number of halogens is 1. The van der Waals surface area contributed by atoms with Gasteiger partial charge in [0.1, 0.15) is 0 Å². The average molecular weight is 513 g/mol. The molecule has 0 radical (unpaired) electrons. The van der Waals surface area contributed by atoms with Crippen LogP contribution in [0.2, 0.25) is 0 Å². The zero-order valence-electron chi connectivity index (χ0n) is 16.5. The standard InChI is InChI=1S/C20H27N5O3.HI/c1-21-20(22-7-8-25-9-12-27-13-10-25)23-15-16-4-2-5-17(14-16)24-19(26)18-6-3-11-28-18;/h2-6,11,14H,7-10,12-13,15H2,1H3,(H,24,26)(H2,21,22,23);1H. The van der Waals surface area contributed by atoms with Crippen molar-refractivity contribution in [3.8, 4) is 0 Å². The first-order valence-corrected chi connectivity index (χ1v) is 9.43. The Morgan fingerprint density at radius 3 is 2.72 bits per heavy atom. The van der Waals surface area contributed by atoms with Gasteiger partial charge in [-0.15, -0.1) is 24.0 Å². The number of ether oxygens (including phenoxy) is 1. The predicted octanol–water partition coefficient (Wildman–Crippen LogP) is 2.15. The van der Waals surface area contributed by atoms with Crippen molar-refractivity contribution >= 4 is 41.5 Å². The van der Waals surface area contributed by atoms with Crippen molar-refractivity contribution in [3.63, 3.8) is 0 Å². The van der Waals surface area contributed by atoms with E-state index in [1.165, 1.54) is 6.26 Å². The van der Waals surface area contributed by atoms with Crippen molar-refractivity contribution < 1.29 is 13.9 Å². The first-order valence-electron chi connectivity index (χ1n) is 9.43. The lowest BCUT2D eigenvalue weighted by molar-refractivity contribution is 0.0389. The van der Waals surface area contributed by atoms with Gasteiger partial charge in [-0.05, 0) is 29.8 Å². The molecule has 3 rings (SSSR count). The van der Waals surface area contributed by atoms with Crippen molar-refractivity contribution in [3.05, 3.63) is 54.0 Å². The molecular formula is C20H28IN5O3. The number of carbonyl (C=O) groups is 1. The van der Waals surface area contributed by atoms with Crippen LogP contribution in [0.15, 0.2) is 52.1 Å². The number of hydrogen-bond donors (Lipinski definition) is 3. The Morgan fingerprint density at radius 1 is 1.17 bits per heavy atom. The summed E-state index contributed by atoms with van der Waals surface area (Å²) in [6, 6.07) is 11.0. The van der Waals surface area contributed by atoms with Crippen LogP contribution in [0.4, 0.5) is 5.69 Å². The molecule has 1 fully saturated rings. The van der Waals surface area contributed by atoms with E-state index >= 15 is 0 Å². The van der Waals surface area contributed by atoms with E-state index in [-0.39, 0.29) is 35.6 Å². The maximum Gasteiger partial charge on any atom is 0.291 e. The molecule has 1 aromatic heterocycles. The van der Waals surface area contributed by atoms with Gasteiger partial charge < -0.3 is 25.1 Å². The summed E-state index contributed by atoms with van der Waals surface area (Å²) in [4.78, 5) is 18.7. The van der Waals surface area contributed by atoms with Crippen LogP contribution in [0.25, 0.3) is 0 Å². The molecule has 158 valence electrons. The molecule has 0 saturated carbocycles. The number of morpholine rings is 1. The molecule has 29 heavy (non-hydrogen) atoms. The molecule has 2 heterocycles. The Kier molecular flexibility index (Phi) is 9.95. The van der Waals surface area contributed by atoms with Gasteiger partial charge in [0, 0.05) is 45.5 Å². The van der Waals surface area contributed by atoms with Crippen LogP contribution in [0.3, 0.4) is 0 Å². The summed E-state index contributed by atoms with van der Waals surface area (Å²) < 4.78 is 10.5. The minimum absolute atomic E-state index is 0. The predicted molar refractivity (Wildman–Crippen MR) is 124 cm³/mol. The number of benzene rings is 1. The molecule has 1 amide bonds. The zero-order valence-corrected chi connectivity index (χ0v) is 18.8. The lowest BCUT2D eigenvalue weighted by atomic mass is 10.2. The van der Waals surface area contributed by atoms with Gasteiger partial charge >= 0.3 is 0 Å². The SMILES string of the molecule is CN=C(NCCN1CCOCC1)NCc1cccc(NC(=O)c2ccco2)c1.I. The van der Waals surface area contributed by atoms with Crippen LogP contribution in [-0.4, -0.2) is 63.2 Å². The number of rotatable bonds is 7. The second-order valence-corrected chi connectivity index (χ2v) is 6.44. The summed E-state index contributed by atoms with van der Waals surface area (Å²) in [7, 11) is 1.75. The number of aliphatic imine (C=N–C) groups is 1. The molecule has 0 aliphatic carbocycles. The van der Waals surface area contributed by atoms with Gasteiger partial charge in [-0.25, -0.2) is 0 Å². The van der Waals surface area contributed by atoms with Gasteiger partial charge in [-0.1, -0.05) is 12.1 Å². The number of guanidine groups is 1. The third-order valence-corrected chi connectivity index (χ3v) is 4.44. The van der Waals surface area contributed by atoms with Crippen molar-refractivity contribution in [2.24, 2.45) is 4.99 Å². The number of carbonyl (C=O) groups excluding carboxylic acids is 1. The normalized spacial score (nSPS) is 14.7. The quantitative estimate of drug-likeness (QED) is 0.299. The van der Waals surface area contributed by atoms with E-state index in [1.807, 2.05) is 24.3 Å². The first-order chi connectivity index (χ1) is 13.7. The number of amides is 1. The van der Waals surface area contributed by atoms with E-state index in [4.69, 9.17) is 9.15 Å². The molecule has 9 heteroatoms. The van der Waals surface area contributed by atoms with Gasteiger partial charge in [-0.3, -0.25) is 14.7 Å². The first kappa shape index (κ1) is 23.2. The van der Waals surface area contributed by atoms with Crippen molar-refractivity contribution in [2.75, 3.05) is 51.8 Å². The van der Waals surface area contributed by atoms with E-state index in [9.17, 15) is 4.79 Å². The van der Waals surface area contributed by atoms with E-state index in [1.54, 1.807) is 19.2 Å². The van der Waals surface area contributed by atoms with Crippen LogP contribution < -0.4 is 16.0 Å². The summed E-state index contributed by atoms with van der Waals surface area (Å²) in [6.45, 7) is 5.94. The summed E-state index contributed by atoms with van der Waals surface area (Å²) >= 11 is 0. The van der Waals surface area contributed by atoms with Gasteiger partial charge in [0.05, 0.1) is 19.5 Å². The Morgan fingerprint density at radius 2 is 2.00 bits per heavy atom. The fourth-order valence-electron chi connectivity index (χ4n) is 2.92. The molecule has 0 bridgehead atoms. The lowest BCUT2D eigenvalue weighted by Crippen LogP contribution is -2.44. The summed E-state index contributed by atoms with van der Waals surface area (Å²) in [5.41, 5.74) is 1.75. The second-order valence-electron chi connectivity index (χ2n) is 6.44. The Labute approximate surface area is 188 Å². The molecule has 1 aliphatic heterocycles. The summed E-state index contributed by atoms with van der Waals surface area (Å²) in [5.74, 6) is 0.766. The Balaban J connectivity index is 0.00000300. The van der Waals surface area contributed by atoms with Gasteiger partial charge in [0.2, 0.25) is 0 Å². The van der Waals surface area contributed by atoms with E-state index in [0.29, 0.717) is 6.54 Å². The number of anilines is 1. The molecule has 3 N–H and O–H groups in total.